The van der Waals surface area contributed by atoms with Gasteiger partial charge in [-0.05, 0) is 24.3 Å². The number of para-hydroxylation sites is 1. The zero-order valence-corrected chi connectivity index (χ0v) is 14.8. The number of anilines is 2. The second-order valence-corrected chi connectivity index (χ2v) is 6.59. The van der Waals surface area contributed by atoms with Gasteiger partial charge < -0.3 is 11.1 Å². The first-order chi connectivity index (χ1) is 13.1. The van der Waals surface area contributed by atoms with E-state index in [0.29, 0.717) is 21.8 Å². The molecule has 9 heteroatoms. The van der Waals surface area contributed by atoms with Gasteiger partial charge in [0.15, 0.2) is 11.5 Å². The Hall–Kier alpha value is -3.77. The number of amides is 1. The average molecular weight is 378 g/mol. The van der Waals surface area contributed by atoms with Crippen LogP contribution in [0.4, 0.5) is 11.5 Å². The van der Waals surface area contributed by atoms with E-state index >= 15 is 0 Å². The highest BCUT2D eigenvalue weighted by atomic mass is 32.2. The summed E-state index contributed by atoms with van der Waals surface area (Å²) in [4.78, 5) is 21.2. The molecule has 1 amide bonds. The maximum absolute atomic E-state index is 12.5. The highest BCUT2D eigenvalue weighted by molar-refractivity contribution is 7.75. The lowest BCUT2D eigenvalue weighted by Gasteiger charge is -2.08. The molecule has 1 unspecified atom stereocenters. The van der Waals surface area contributed by atoms with Gasteiger partial charge in [0.05, 0.1) is 22.5 Å². The first kappa shape index (κ1) is 18.0. The molecule has 1 aromatic heterocycles. The van der Waals surface area contributed by atoms with Gasteiger partial charge >= 0.3 is 0 Å². The molecule has 8 nitrogen and oxygen atoms in total. The molecule has 0 radical (unpaired) electrons. The van der Waals surface area contributed by atoms with Crippen molar-refractivity contribution in [2.45, 2.75) is 4.90 Å². The number of nitrogens with zero attached hydrogens (tertiary/aromatic N) is 4. The maximum Gasteiger partial charge on any atom is 0.278 e. The maximum atomic E-state index is 12.5. The third kappa shape index (κ3) is 4.26. The molecule has 27 heavy (non-hydrogen) atoms. The molecule has 0 aliphatic carbocycles. The monoisotopic (exact) mass is 378 g/mol. The van der Waals surface area contributed by atoms with Crippen molar-refractivity contribution >= 4 is 28.0 Å². The summed E-state index contributed by atoms with van der Waals surface area (Å²) in [6.45, 7) is 0. The Kier molecular flexibility index (Phi) is 5.39. The van der Waals surface area contributed by atoms with Crippen LogP contribution in [-0.4, -0.2) is 20.1 Å². The molecule has 1 heterocycles. The highest BCUT2D eigenvalue weighted by Gasteiger charge is 2.15. The van der Waals surface area contributed by atoms with Crippen molar-refractivity contribution in [1.29, 1.82) is 5.26 Å². The summed E-state index contributed by atoms with van der Waals surface area (Å²) in [5, 5.41) is 11.2. The number of nitrogens with one attached hydrogen (secondary N) is 1. The van der Waals surface area contributed by atoms with Gasteiger partial charge in [-0.3, -0.25) is 4.79 Å². The molecule has 3 aromatic rings. The summed E-state index contributed by atoms with van der Waals surface area (Å²) in [5.41, 5.74) is 7.51. The highest BCUT2D eigenvalue weighted by Crippen LogP contribution is 2.20. The van der Waals surface area contributed by atoms with E-state index in [1.807, 2.05) is 6.07 Å². The summed E-state index contributed by atoms with van der Waals surface area (Å²) in [7, 11) is -2.11. The van der Waals surface area contributed by atoms with Gasteiger partial charge in [-0.15, -0.1) is 4.36 Å². The minimum Gasteiger partial charge on any atom is -0.382 e. The minimum absolute atomic E-state index is 0.00554. The van der Waals surface area contributed by atoms with Crippen molar-refractivity contribution in [3.05, 3.63) is 66.5 Å². The summed E-state index contributed by atoms with van der Waals surface area (Å²) >= 11 is 0. The van der Waals surface area contributed by atoms with Gasteiger partial charge in [0.1, 0.15) is 0 Å². The van der Waals surface area contributed by atoms with Crippen LogP contribution in [0.15, 0.2) is 70.1 Å². The van der Waals surface area contributed by atoms with E-state index in [2.05, 4.69) is 19.6 Å². The fraction of sp³-hybridized carbons (Fsp3) is 0. The zero-order chi connectivity index (χ0) is 19.2. The van der Waals surface area contributed by atoms with Crippen molar-refractivity contribution in [3.8, 4) is 17.5 Å². The lowest BCUT2D eigenvalue weighted by molar-refractivity contribution is 0.102. The molecule has 3 rings (SSSR count). The SMILES string of the molecule is N#CN=[SH](=O)c1ccc(-c2cnc(N)c(C(=O)Nc3ccccc3)n2)cc1. The molecular formula is C18H14N6O2S. The quantitative estimate of drug-likeness (QED) is 0.472. The Labute approximate surface area is 156 Å². The lowest BCUT2D eigenvalue weighted by atomic mass is 10.1. The normalized spacial score (nSPS) is 11.5. The Bertz CT molecular complexity index is 1100. The van der Waals surface area contributed by atoms with E-state index in [-0.39, 0.29) is 11.5 Å². The molecule has 1 atom stereocenters. The molecule has 3 N–H and O–H groups in total. The smallest absolute Gasteiger partial charge is 0.278 e. The Morgan fingerprint density at radius 3 is 2.52 bits per heavy atom. The largest absolute Gasteiger partial charge is 0.382 e. The molecule has 134 valence electrons. The first-order valence-corrected chi connectivity index (χ1v) is 8.96. The van der Waals surface area contributed by atoms with Crippen LogP contribution < -0.4 is 11.1 Å². The van der Waals surface area contributed by atoms with Crippen LogP contribution >= 0.6 is 0 Å². The fourth-order valence-corrected chi connectivity index (χ4v) is 2.88. The molecule has 0 saturated carbocycles. The summed E-state index contributed by atoms with van der Waals surface area (Å²) in [6, 6.07) is 15.4. The third-order valence-electron chi connectivity index (χ3n) is 3.57. The van der Waals surface area contributed by atoms with Crippen LogP contribution in [0.1, 0.15) is 10.5 Å². The summed E-state index contributed by atoms with van der Waals surface area (Å²) < 4.78 is 15.0. The second-order valence-electron chi connectivity index (χ2n) is 5.33. The number of hydrogen-bond donors (Lipinski definition) is 3. The second kappa shape index (κ2) is 8.07. The number of nitrogens with two attached hydrogens (primary N) is 1. The van der Waals surface area contributed by atoms with Gasteiger partial charge in [0.25, 0.3) is 5.91 Å². The van der Waals surface area contributed by atoms with Crippen LogP contribution in [0.25, 0.3) is 11.3 Å². The molecule has 0 fully saturated rings. The Morgan fingerprint density at radius 2 is 1.85 bits per heavy atom. The molecule has 0 aliphatic rings. The standard InChI is InChI=1S/C18H14N6O2S/c19-11-22-27(26)14-8-6-12(7-9-14)15-10-21-17(20)16(24-15)18(25)23-13-4-2-1-3-5-13/h1-10,27H,(H2,20,21)(H,23,25). The van der Waals surface area contributed by atoms with Crippen LogP contribution in [0, 0.1) is 11.5 Å². The number of hydrogen-bond acceptors (Lipinski definition) is 7. The van der Waals surface area contributed by atoms with E-state index in [9.17, 15) is 9.00 Å². The van der Waals surface area contributed by atoms with E-state index in [1.165, 1.54) is 12.4 Å². The number of benzene rings is 2. The lowest BCUT2D eigenvalue weighted by Crippen LogP contribution is -2.17. The molecule has 0 spiro atoms. The van der Waals surface area contributed by atoms with E-state index in [1.54, 1.807) is 48.5 Å². The molecule has 0 aliphatic heterocycles. The minimum atomic E-state index is -2.11. The number of thiol groups is 1. The van der Waals surface area contributed by atoms with Crippen molar-refractivity contribution < 1.29 is 9.00 Å². The number of nitrogen functional groups attached to an aromatic ring is 1. The molecule has 0 bridgehead atoms. The van der Waals surface area contributed by atoms with Crippen molar-refractivity contribution in [2.24, 2.45) is 4.36 Å². The molecule has 0 saturated heterocycles. The van der Waals surface area contributed by atoms with Crippen molar-refractivity contribution in [2.75, 3.05) is 11.1 Å². The molecular weight excluding hydrogens is 364 g/mol. The zero-order valence-electron chi connectivity index (χ0n) is 13.9. The van der Waals surface area contributed by atoms with Gasteiger partial charge in [0, 0.05) is 16.1 Å². The average Bonchev–Trinajstić information content (AvgIpc) is 2.69. The topological polar surface area (TPSA) is 134 Å². The number of aromatic nitrogens is 2. The summed E-state index contributed by atoms with van der Waals surface area (Å²) in [5.74, 6) is -0.458. The number of nitriles is 1. The predicted octanol–water partition coefficient (Wildman–Crippen LogP) is 2.48. The predicted molar refractivity (Wildman–Crippen MR) is 102 cm³/mol. The number of carbonyl (C=O) groups is 1. The first-order valence-electron chi connectivity index (χ1n) is 7.75. The third-order valence-corrected chi connectivity index (χ3v) is 4.58. The summed E-state index contributed by atoms with van der Waals surface area (Å²) in [6.07, 6.45) is 2.97. The molecule has 2 aromatic carbocycles. The van der Waals surface area contributed by atoms with Crippen molar-refractivity contribution in [1.82, 2.24) is 9.97 Å². The van der Waals surface area contributed by atoms with Crippen LogP contribution in [0.3, 0.4) is 0 Å². The number of carbonyl (C=O) groups excluding carboxylic acids is 1. The Balaban J connectivity index is 1.89. The Morgan fingerprint density at radius 1 is 1.15 bits per heavy atom. The van der Waals surface area contributed by atoms with Gasteiger partial charge in [-0.1, -0.05) is 30.3 Å². The van der Waals surface area contributed by atoms with E-state index < -0.39 is 16.5 Å². The van der Waals surface area contributed by atoms with Gasteiger partial charge in [-0.2, -0.15) is 5.26 Å². The van der Waals surface area contributed by atoms with E-state index in [0.717, 1.165) is 0 Å². The van der Waals surface area contributed by atoms with Gasteiger partial charge in [-0.25, -0.2) is 14.2 Å². The number of rotatable bonds is 4. The van der Waals surface area contributed by atoms with E-state index in [4.69, 9.17) is 11.0 Å². The van der Waals surface area contributed by atoms with Crippen molar-refractivity contribution in [3.63, 3.8) is 0 Å². The van der Waals surface area contributed by atoms with Crippen LogP contribution in [0.2, 0.25) is 0 Å². The van der Waals surface area contributed by atoms with Gasteiger partial charge in [0.2, 0.25) is 6.19 Å². The fourth-order valence-electron chi connectivity index (χ4n) is 2.27. The van der Waals surface area contributed by atoms with Crippen LogP contribution in [0.5, 0.6) is 0 Å². The van der Waals surface area contributed by atoms with Crippen LogP contribution in [-0.2, 0) is 10.6 Å².